The van der Waals surface area contributed by atoms with Crippen LogP contribution in [-0.4, -0.2) is 19.6 Å². The Labute approximate surface area is 162 Å². The number of hydrogen-bond acceptors (Lipinski definition) is 8. The molecule has 144 valence electrons. The molecule has 10 heteroatoms. The third kappa shape index (κ3) is 4.14. The van der Waals surface area contributed by atoms with Gasteiger partial charge in [-0.25, -0.2) is 9.36 Å². The maximum atomic E-state index is 8.74. The van der Waals surface area contributed by atoms with Crippen LogP contribution >= 0.6 is 0 Å². The van der Waals surface area contributed by atoms with E-state index in [0.717, 1.165) is 18.5 Å². The topological polar surface area (TPSA) is 187 Å². The van der Waals surface area contributed by atoms with Crippen LogP contribution in [0.15, 0.2) is 30.3 Å². The number of hydrogen-bond donors (Lipinski definition) is 4. The van der Waals surface area contributed by atoms with Gasteiger partial charge in [0.15, 0.2) is 17.2 Å². The number of nitrogens with two attached hydrogens (primary N) is 4. The summed E-state index contributed by atoms with van der Waals surface area (Å²) in [5.74, 6) is 0.683. The Hall–Kier alpha value is -4.18. The maximum absolute atomic E-state index is 8.74. The Bertz CT molecular complexity index is 1020. The lowest BCUT2D eigenvalue weighted by molar-refractivity contribution is 0.577. The van der Waals surface area contributed by atoms with Crippen molar-refractivity contribution in [2.45, 2.75) is 26.3 Å². The average Bonchev–Trinajstić information content (AvgIpc) is 3.17. The first-order valence-corrected chi connectivity index (χ1v) is 8.55. The quantitative estimate of drug-likeness (QED) is 0.527. The number of unbranched alkanes of at least 4 members (excludes halogenated alkanes) is 1. The number of nitrogens with zero attached hydrogens (tertiary/aromatic N) is 6. The second-order valence-electron chi connectivity index (χ2n) is 5.84. The van der Waals surface area contributed by atoms with Gasteiger partial charge in [0.1, 0.15) is 29.3 Å². The van der Waals surface area contributed by atoms with E-state index in [4.69, 9.17) is 33.5 Å². The van der Waals surface area contributed by atoms with Crippen LogP contribution in [0.3, 0.4) is 0 Å². The summed E-state index contributed by atoms with van der Waals surface area (Å²) in [5.41, 5.74) is 24.2. The van der Waals surface area contributed by atoms with Crippen LogP contribution < -0.4 is 22.9 Å². The van der Waals surface area contributed by atoms with E-state index in [2.05, 4.69) is 17.1 Å². The van der Waals surface area contributed by atoms with Gasteiger partial charge in [-0.2, -0.15) is 20.7 Å². The molecule has 3 aromatic rings. The van der Waals surface area contributed by atoms with Crippen molar-refractivity contribution in [2.75, 3.05) is 22.9 Å². The van der Waals surface area contributed by atoms with E-state index < -0.39 is 0 Å². The maximum Gasteiger partial charge on any atom is 0.188 e. The van der Waals surface area contributed by atoms with Gasteiger partial charge in [0.25, 0.3) is 0 Å². The molecule has 28 heavy (non-hydrogen) atoms. The van der Waals surface area contributed by atoms with Gasteiger partial charge in [-0.1, -0.05) is 31.5 Å². The number of aryl methyl sites for hydroxylation is 1. The van der Waals surface area contributed by atoms with E-state index in [1.165, 1.54) is 4.68 Å². The van der Waals surface area contributed by atoms with Crippen molar-refractivity contribution in [1.29, 1.82) is 10.5 Å². The number of nitrogen functional groups attached to an aromatic ring is 4. The van der Waals surface area contributed by atoms with Gasteiger partial charge in [-0.15, -0.1) is 0 Å². The standard InChI is InChI=1S/C10H9N5.C8H13N5/c11-6-8-9(12)10(13)15(14-8)7-4-2-1-3-5-7;1-2-3-4-13-8(11)7(10)6(5-9)12-13/h1-5H,12-13H2;2-4,10-11H2,1H3. The molecule has 1 aromatic carbocycles. The van der Waals surface area contributed by atoms with Crippen LogP contribution in [0.4, 0.5) is 23.0 Å². The first kappa shape index (κ1) is 20.1. The van der Waals surface area contributed by atoms with Crippen molar-refractivity contribution in [3.05, 3.63) is 41.7 Å². The minimum atomic E-state index is 0.149. The molecule has 0 aliphatic carbocycles. The molecule has 0 saturated carbocycles. The molecule has 0 aliphatic heterocycles. The molecule has 0 fully saturated rings. The van der Waals surface area contributed by atoms with E-state index in [0.29, 0.717) is 18.1 Å². The lowest BCUT2D eigenvalue weighted by Gasteiger charge is -2.02. The zero-order valence-electron chi connectivity index (χ0n) is 15.5. The molecule has 0 radical (unpaired) electrons. The molecule has 2 heterocycles. The molecule has 10 nitrogen and oxygen atoms in total. The number of aromatic nitrogens is 4. The molecule has 0 bridgehead atoms. The lowest BCUT2D eigenvalue weighted by atomic mass is 10.3. The van der Waals surface area contributed by atoms with Crippen LogP contribution in [-0.2, 0) is 6.54 Å². The first-order valence-electron chi connectivity index (χ1n) is 8.55. The average molecular weight is 378 g/mol. The van der Waals surface area contributed by atoms with Gasteiger partial charge < -0.3 is 22.9 Å². The Balaban J connectivity index is 0.000000203. The van der Waals surface area contributed by atoms with Crippen molar-refractivity contribution in [2.24, 2.45) is 0 Å². The van der Waals surface area contributed by atoms with Gasteiger partial charge in [0.05, 0.1) is 5.69 Å². The molecular weight excluding hydrogens is 356 g/mol. The fourth-order valence-electron chi connectivity index (χ4n) is 2.34. The largest absolute Gasteiger partial charge is 0.393 e. The van der Waals surface area contributed by atoms with E-state index in [1.54, 1.807) is 4.68 Å². The lowest BCUT2D eigenvalue weighted by Crippen LogP contribution is -2.05. The summed E-state index contributed by atoms with van der Waals surface area (Å²) in [6, 6.07) is 13.1. The van der Waals surface area contributed by atoms with Gasteiger partial charge >= 0.3 is 0 Å². The predicted octanol–water partition coefficient (Wildman–Crippen LogP) is 1.63. The molecule has 0 atom stereocenters. The van der Waals surface area contributed by atoms with E-state index >= 15 is 0 Å². The van der Waals surface area contributed by atoms with Gasteiger partial charge in [-0.05, 0) is 18.6 Å². The van der Waals surface area contributed by atoms with E-state index in [1.807, 2.05) is 42.5 Å². The molecule has 2 aromatic heterocycles. The Kier molecular flexibility index (Phi) is 6.44. The Morgan fingerprint density at radius 3 is 1.96 bits per heavy atom. The van der Waals surface area contributed by atoms with Crippen molar-refractivity contribution >= 4 is 23.0 Å². The molecule has 0 unspecified atom stereocenters. The van der Waals surface area contributed by atoms with Crippen LogP contribution in [0.2, 0.25) is 0 Å². The highest BCUT2D eigenvalue weighted by molar-refractivity contribution is 5.68. The minimum Gasteiger partial charge on any atom is -0.393 e. The highest BCUT2D eigenvalue weighted by atomic mass is 15.3. The summed E-state index contributed by atoms with van der Waals surface area (Å²) in [5, 5.41) is 25.3. The Morgan fingerprint density at radius 2 is 1.46 bits per heavy atom. The molecule has 0 saturated heterocycles. The zero-order chi connectivity index (χ0) is 20.7. The van der Waals surface area contributed by atoms with Gasteiger partial charge in [0.2, 0.25) is 0 Å². The molecule has 0 spiro atoms. The number of anilines is 4. The van der Waals surface area contributed by atoms with E-state index in [9.17, 15) is 0 Å². The highest BCUT2D eigenvalue weighted by Gasteiger charge is 2.13. The number of rotatable bonds is 4. The molecule has 3 rings (SSSR count). The van der Waals surface area contributed by atoms with Crippen molar-refractivity contribution in [1.82, 2.24) is 19.6 Å². The smallest absolute Gasteiger partial charge is 0.188 e. The molecular formula is C18H22N10. The summed E-state index contributed by atoms with van der Waals surface area (Å²) in [6.45, 7) is 2.79. The fraction of sp³-hybridized carbons (Fsp3) is 0.222. The van der Waals surface area contributed by atoms with Crippen molar-refractivity contribution in [3.8, 4) is 17.8 Å². The second kappa shape index (κ2) is 8.96. The highest BCUT2D eigenvalue weighted by Crippen LogP contribution is 2.22. The summed E-state index contributed by atoms with van der Waals surface area (Å²) >= 11 is 0. The monoisotopic (exact) mass is 378 g/mol. The zero-order valence-corrected chi connectivity index (χ0v) is 15.5. The van der Waals surface area contributed by atoms with Crippen LogP contribution in [0.25, 0.3) is 5.69 Å². The number of benzene rings is 1. The van der Waals surface area contributed by atoms with Crippen LogP contribution in [0, 0.1) is 22.7 Å². The third-order valence-electron chi connectivity index (χ3n) is 3.93. The summed E-state index contributed by atoms with van der Waals surface area (Å²) in [7, 11) is 0. The normalized spacial score (nSPS) is 9.82. The van der Waals surface area contributed by atoms with Gasteiger partial charge in [-0.3, -0.25) is 0 Å². The molecule has 0 aliphatic rings. The van der Waals surface area contributed by atoms with Crippen LogP contribution in [0.5, 0.6) is 0 Å². The Morgan fingerprint density at radius 1 is 0.893 bits per heavy atom. The summed E-state index contributed by atoms with van der Waals surface area (Å²) < 4.78 is 3.03. The summed E-state index contributed by atoms with van der Waals surface area (Å²) in [4.78, 5) is 0. The third-order valence-corrected chi connectivity index (χ3v) is 3.93. The second-order valence-corrected chi connectivity index (χ2v) is 5.84. The SMILES string of the molecule is CCCCn1nc(C#N)c(N)c1N.N#Cc1nn(-c2ccccc2)c(N)c1N. The molecule has 8 N–H and O–H groups in total. The van der Waals surface area contributed by atoms with Gasteiger partial charge in [0, 0.05) is 6.54 Å². The first-order chi connectivity index (χ1) is 13.4. The molecule has 0 amide bonds. The number of nitriles is 2. The number of para-hydroxylation sites is 1. The fourth-order valence-corrected chi connectivity index (χ4v) is 2.34. The van der Waals surface area contributed by atoms with Crippen molar-refractivity contribution < 1.29 is 0 Å². The summed E-state index contributed by atoms with van der Waals surface area (Å²) in [6.07, 6.45) is 2.04. The minimum absolute atomic E-state index is 0.149. The van der Waals surface area contributed by atoms with E-state index in [-0.39, 0.29) is 22.9 Å². The predicted molar refractivity (Wildman–Crippen MR) is 108 cm³/mol. The van der Waals surface area contributed by atoms with Crippen LogP contribution in [0.1, 0.15) is 31.2 Å². The van der Waals surface area contributed by atoms with Crippen molar-refractivity contribution in [3.63, 3.8) is 0 Å².